The van der Waals surface area contributed by atoms with E-state index in [2.05, 4.69) is 55.6 Å². The van der Waals surface area contributed by atoms with Crippen LogP contribution in [0, 0.1) is 0 Å². The van der Waals surface area contributed by atoms with Crippen LogP contribution >= 0.6 is 0 Å². The van der Waals surface area contributed by atoms with Crippen molar-refractivity contribution >= 4 is 5.91 Å². The Morgan fingerprint density at radius 2 is 0.894 bits per heavy atom. The van der Waals surface area contributed by atoms with E-state index in [1.807, 2.05) is 0 Å². The van der Waals surface area contributed by atoms with Crippen LogP contribution in [0.3, 0.4) is 0 Å². The van der Waals surface area contributed by atoms with Gasteiger partial charge in [0.2, 0.25) is 5.91 Å². The molecule has 5 N–H and O–H groups in total. The molecule has 0 heterocycles. The third-order valence-corrected chi connectivity index (χ3v) is 9.05. The van der Waals surface area contributed by atoms with E-state index in [0.29, 0.717) is 19.3 Å². The average Bonchev–Trinajstić information content (AvgIpc) is 3.07. The quantitative estimate of drug-likeness (QED) is 0.0343. The van der Waals surface area contributed by atoms with E-state index in [9.17, 15) is 25.2 Å². The van der Waals surface area contributed by atoms with Crippen LogP contribution in [0.2, 0.25) is 0 Å². The van der Waals surface area contributed by atoms with Gasteiger partial charge in [-0.15, -0.1) is 0 Å². The first-order chi connectivity index (χ1) is 23.0. The second-order valence-corrected chi connectivity index (χ2v) is 13.6. The van der Waals surface area contributed by atoms with Gasteiger partial charge >= 0.3 is 0 Å². The van der Waals surface area contributed by atoms with Gasteiger partial charge in [0.05, 0.1) is 18.8 Å². The molecule has 0 spiro atoms. The Kier molecular flexibility index (Phi) is 34.7. The molecule has 0 aromatic heterocycles. The van der Waals surface area contributed by atoms with Gasteiger partial charge in [0, 0.05) is 0 Å². The summed E-state index contributed by atoms with van der Waals surface area (Å²) in [5.41, 5.74) is 0. The third-order valence-electron chi connectivity index (χ3n) is 9.05. The van der Waals surface area contributed by atoms with Gasteiger partial charge in [-0.05, 0) is 77.0 Å². The number of carbonyl (C=O) groups is 1. The molecule has 276 valence electrons. The maximum atomic E-state index is 12.4. The lowest BCUT2D eigenvalue weighted by atomic mass is 10.00. The predicted octanol–water partition coefficient (Wildman–Crippen LogP) is 9.79. The van der Waals surface area contributed by atoms with E-state index in [1.165, 1.54) is 103 Å². The Bertz CT molecular complexity index is 752. The maximum Gasteiger partial charge on any atom is 0.249 e. The van der Waals surface area contributed by atoms with Crippen LogP contribution in [0.4, 0.5) is 0 Å². The van der Waals surface area contributed by atoms with Gasteiger partial charge in [-0.25, -0.2) is 0 Å². The average molecular weight is 664 g/mol. The molecule has 6 nitrogen and oxygen atoms in total. The summed E-state index contributed by atoms with van der Waals surface area (Å²) in [6.45, 7) is 4.00. The molecule has 0 fully saturated rings. The normalized spacial score (nSPS) is 14.8. The zero-order valence-electron chi connectivity index (χ0n) is 30.8. The summed E-state index contributed by atoms with van der Waals surface area (Å²) >= 11 is 0. The second-order valence-electron chi connectivity index (χ2n) is 13.6. The van der Waals surface area contributed by atoms with Gasteiger partial charge in [0.1, 0.15) is 12.2 Å². The van der Waals surface area contributed by atoms with Crippen molar-refractivity contribution in [1.29, 1.82) is 0 Å². The van der Waals surface area contributed by atoms with Crippen LogP contribution in [0.1, 0.15) is 187 Å². The highest BCUT2D eigenvalue weighted by Gasteiger charge is 2.28. The summed E-state index contributed by atoms with van der Waals surface area (Å²) < 4.78 is 0. The number of carbonyl (C=O) groups excluding carboxylic acids is 1. The van der Waals surface area contributed by atoms with E-state index in [4.69, 9.17) is 0 Å². The molecule has 0 aromatic rings. The fourth-order valence-electron chi connectivity index (χ4n) is 5.82. The van der Waals surface area contributed by atoms with Gasteiger partial charge in [-0.3, -0.25) is 4.79 Å². The first-order valence-corrected chi connectivity index (χ1v) is 19.9. The van der Waals surface area contributed by atoms with Crippen molar-refractivity contribution < 1.29 is 25.2 Å². The smallest absolute Gasteiger partial charge is 0.249 e. The van der Waals surface area contributed by atoms with E-state index in [-0.39, 0.29) is 0 Å². The summed E-state index contributed by atoms with van der Waals surface area (Å²) in [5, 5.41) is 43.5. The summed E-state index contributed by atoms with van der Waals surface area (Å²) in [4.78, 5) is 12.4. The summed E-state index contributed by atoms with van der Waals surface area (Å²) in [5.74, 6) is -0.605. The molecule has 0 saturated heterocycles. The largest absolute Gasteiger partial charge is 0.394 e. The van der Waals surface area contributed by atoms with Crippen LogP contribution < -0.4 is 5.32 Å². The van der Waals surface area contributed by atoms with Crippen molar-refractivity contribution in [2.24, 2.45) is 0 Å². The molecule has 0 saturated carbocycles. The minimum Gasteiger partial charge on any atom is -0.394 e. The highest BCUT2D eigenvalue weighted by Crippen LogP contribution is 2.14. The molecule has 4 atom stereocenters. The van der Waals surface area contributed by atoms with Crippen molar-refractivity contribution in [3.05, 3.63) is 36.5 Å². The minimum atomic E-state index is -1.29. The van der Waals surface area contributed by atoms with Gasteiger partial charge in [-0.1, -0.05) is 147 Å². The molecule has 6 heteroatoms. The number of unbranched alkanes of at least 4 members (excludes halogenated alkanes) is 20. The SMILES string of the molecule is CCCCCC/C=C\CCCCCCCCC(O)C(=O)NC(CO)C(O)C(O)CCC/C=C/CC/C=C/CCCCCCCCCC. The highest BCUT2D eigenvalue weighted by molar-refractivity contribution is 5.80. The number of nitrogens with one attached hydrogen (secondary N) is 1. The van der Waals surface area contributed by atoms with Gasteiger partial charge in [0.25, 0.3) is 0 Å². The molecule has 0 rings (SSSR count). The van der Waals surface area contributed by atoms with E-state index < -0.39 is 36.9 Å². The Hall–Kier alpha value is -1.47. The van der Waals surface area contributed by atoms with Gasteiger partial charge in [-0.2, -0.15) is 0 Å². The Balaban J connectivity index is 3.88. The number of rotatable bonds is 35. The number of amides is 1. The fourth-order valence-corrected chi connectivity index (χ4v) is 5.82. The van der Waals surface area contributed by atoms with Crippen molar-refractivity contribution in [2.45, 2.75) is 212 Å². The van der Waals surface area contributed by atoms with Gasteiger partial charge < -0.3 is 25.7 Å². The molecule has 0 aliphatic carbocycles. The standard InChI is InChI=1S/C41H77NO5/c1-3-5-7-9-11-13-15-17-19-20-21-23-24-26-28-30-32-34-38(44)40(46)37(36-43)42-41(47)39(45)35-33-31-29-27-25-22-18-16-14-12-10-8-6-4-2/h14,16,20-21,26,28,37-40,43-46H,3-13,15,17-19,22-25,27,29-36H2,1-2H3,(H,42,47)/b16-14-,21-20+,28-26+. The second kappa shape index (κ2) is 35.8. The van der Waals surface area contributed by atoms with Crippen LogP contribution in [0.15, 0.2) is 36.5 Å². The van der Waals surface area contributed by atoms with Crippen LogP contribution in [-0.2, 0) is 4.79 Å². The zero-order valence-corrected chi connectivity index (χ0v) is 30.8. The van der Waals surface area contributed by atoms with Crippen LogP contribution in [-0.4, -0.2) is 57.3 Å². The molecule has 1 amide bonds. The minimum absolute atomic E-state index is 0.352. The predicted molar refractivity (Wildman–Crippen MR) is 200 cm³/mol. The summed E-state index contributed by atoms with van der Waals surface area (Å²) in [6.07, 6.45) is 40.2. The lowest BCUT2D eigenvalue weighted by Crippen LogP contribution is -2.53. The third kappa shape index (κ3) is 30.3. The molecule has 0 aliphatic rings. The van der Waals surface area contributed by atoms with Crippen molar-refractivity contribution in [2.75, 3.05) is 6.61 Å². The van der Waals surface area contributed by atoms with E-state index in [1.54, 1.807) is 0 Å². The van der Waals surface area contributed by atoms with E-state index >= 15 is 0 Å². The topological polar surface area (TPSA) is 110 Å². The number of allylic oxidation sites excluding steroid dienone is 6. The summed E-state index contributed by atoms with van der Waals surface area (Å²) in [7, 11) is 0. The van der Waals surface area contributed by atoms with Crippen LogP contribution in [0.25, 0.3) is 0 Å². The molecule has 47 heavy (non-hydrogen) atoms. The molecule has 0 aromatic carbocycles. The van der Waals surface area contributed by atoms with Crippen LogP contribution in [0.5, 0.6) is 0 Å². The fraction of sp³-hybridized carbons (Fsp3) is 0.829. The monoisotopic (exact) mass is 664 g/mol. The molecule has 0 aliphatic heterocycles. The Morgan fingerprint density at radius 1 is 0.511 bits per heavy atom. The number of aliphatic hydroxyl groups excluding tert-OH is 4. The van der Waals surface area contributed by atoms with Crippen molar-refractivity contribution in [3.8, 4) is 0 Å². The summed E-state index contributed by atoms with van der Waals surface area (Å²) in [6, 6.07) is -1.01. The lowest BCUT2D eigenvalue weighted by molar-refractivity contribution is -0.132. The molecule has 4 unspecified atom stereocenters. The van der Waals surface area contributed by atoms with E-state index in [0.717, 1.165) is 51.4 Å². The Labute approximate surface area is 290 Å². The maximum absolute atomic E-state index is 12.4. The lowest BCUT2D eigenvalue weighted by Gasteiger charge is -2.27. The first-order valence-electron chi connectivity index (χ1n) is 19.9. The highest BCUT2D eigenvalue weighted by atomic mass is 16.3. The molecule has 0 radical (unpaired) electrons. The van der Waals surface area contributed by atoms with Crippen molar-refractivity contribution in [3.63, 3.8) is 0 Å². The van der Waals surface area contributed by atoms with Crippen molar-refractivity contribution in [1.82, 2.24) is 5.32 Å². The number of hydrogen-bond donors (Lipinski definition) is 5. The van der Waals surface area contributed by atoms with Gasteiger partial charge in [0.15, 0.2) is 0 Å². The number of hydrogen-bond acceptors (Lipinski definition) is 5. The molecular formula is C41H77NO5. The molecule has 0 bridgehead atoms. The zero-order chi connectivity index (χ0) is 34.6. The number of aliphatic hydroxyl groups is 4. The Morgan fingerprint density at radius 3 is 1.36 bits per heavy atom. The molecular weight excluding hydrogens is 586 g/mol. The first kappa shape index (κ1) is 45.5.